The van der Waals surface area contributed by atoms with Crippen molar-refractivity contribution in [1.29, 1.82) is 0 Å². The van der Waals surface area contributed by atoms with Crippen molar-refractivity contribution in [2.24, 2.45) is 5.92 Å². The van der Waals surface area contributed by atoms with Gasteiger partial charge in [0.05, 0.1) is 12.1 Å². The van der Waals surface area contributed by atoms with Crippen LogP contribution in [-0.2, 0) is 17.6 Å². The van der Waals surface area contributed by atoms with Gasteiger partial charge in [-0.25, -0.2) is 4.98 Å². The van der Waals surface area contributed by atoms with E-state index in [1.807, 2.05) is 24.0 Å². The highest BCUT2D eigenvalue weighted by molar-refractivity contribution is 5.78. The molecule has 2 heterocycles. The summed E-state index contributed by atoms with van der Waals surface area (Å²) in [5, 5.41) is 0. The van der Waals surface area contributed by atoms with E-state index in [0.717, 1.165) is 55.3 Å². The number of hydrogen-bond donors (Lipinski definition) is 0. The van der Waals surface area contributed by atoms with Crippen LogP contribution in [0.25, 0.3) is 11.5 Å². The number of hydrogen-bond acceptors (Lipinski definition) is 3. The molecule has 0 bridgehead atoms. The second-order valence-electron chi connectivity index (χ2n) is 6.81. The predicted octanol–water partition coefficient (Wildman–Crippen LogP) is 4.01. The number of nitrogens with zero attached hydrogens (tertiary/aromatic N) is 2. The molecule has 0 spiro atoms. The zero-order valence-corrected chi connectivity index (χ0v) is 14.8. The second-order valence-corrected chi connectivity index (χ2v) is 6.81. The largest absolute Gasteiger partial charge is 0.441 e. The molecule has 1 aromatic heterocycles. The molecule has 4 heteroatoms. The molecule has 0 radical (unpaired) electrons. The fourth-order valence-electron chi connectivity index (χ4n) is 3.11. The molecule has 1 saturated heterocycles. The zero-order chi connectivity index (χ0) is 17.1. The van der Waals surface area contributed by atoms with Crippen LogP contribution in [0.3, 0.4) is 0 Å². The summed E-state index contributed by atoms with van der Waals surface area (Å²) in [7, 11) is 0. The first kappa shape index (κ1) is 16.7. The maximum atomic E-state index is 12.5. The van der Waals surface area contributed by atoms with Crippen LogP contribution in [0.15, 0.2) is 28.7 Å². The van der Waals surface area contributed by atoms with Gasteiger partial charge in [0, 0.05) is 18.7 Å². The molecule has 1 fully saturated rings. The molecule has 1 aliphatic heterocycles. The molecule has 0 saturated carbocycles. The molecule has 0 unspecified atom stereocenters. The lowest BCUT2D eigenvalue weighted by Crippen LogP contribution is -2.38. The number of benzene rings is 1. The molecule has 128 valence electrons. The minimum absolute atomic E-state index is 0.159. The molecular formula is C20H26N2O2. The van der Waals surface area contributed by atoms with Crippen LogP contribution in [0.2, 0.25) is 0 Å². The van der Waals surface area contributed by atoms with E-state index in [-0.39, 0.29) is 5.91 Å². The van der Waals surface area contributed by atoms with Gasteiger partial charge in [-0.1, -0.05) is 26.0 Å². The highest BCUT2D eigenvalue weighted by atomic mass is 16.4. The van der Waals surface area contributed by atoms with E-state index in [2.05, 4.69) is 31.0 Å². The fourth-order valence-corrected chi connectivity index (χ4v) is 3.11. The van der Waals surface area contributed by atoms with Gasteiger partial charge in [0.25, 0.3) is 0 Å². The molecule has 1 aromatic carbocycles. The Balaban J connectivity index is 1.70. The van der Waals surface area contributed by atoms with Crippen LogP contribution >= 0.6 is 0 Å². The third kappa shape index (κ3) is 3.69. The third-order valence-electron chi connectivity index (χ3n) is 4.96. The number of likely N-dealkylation sites (tertiary alicyclic amines) is 1. The molecule has 0 atom stereocenters. The third-order valence-corrected chi connectivity index (χ3v) is 4.96. The SMILES string of the molecule is CCc1ccc(-c2nc(CC(=O)N3CCC(C)CC3)c(C)o2)cc1. The Bertz CT molecular complexity index is 695. The standard InChI is InChI=1S/C20H26N2O2/c1-4-16-5-7-17(8-6-16)20-21-18(15(3)24-20)13-19(23)22-11-9-14(2)10-12-22/h5-8,14H,4,9-13H2,1-3H3. The van der Waals surface area contributed by atoms with E-state index in [9.17, 15) is 4.79 Å². The quantitative estimate of drug-likeness (QED) is 0.852. The molecule has 0 aliphatic carbocycles. The Kier molecular flexibility index (Phi) is 5.03. The summed E-state index contributed by atoms with van der Waals surface area (Å²) in [4.78, 5) is 19.0. The van der Waals surface area contributed by atoms with Gasteiger partial charge in [-0.05, 0) is 49.8 Å². The average molecular weight is 326 g/mol. The first-order valence-corrected chi connectivity index (χ1v) is 8.90. The van der Waals surface area contributed by atoms with E-state index < -0.39 is 0 Å². The fraction of sp³-hybridized carbons (Fsp3) is 0.500. The van der Waals surface area contributed by atoms with Crippen LogP contribution in [0.1, 0.15) is 43.7 Å². The van der Waals surface area contributed by atoms with Gasteiger partial charge in [0.2, 0.25) is 11.8 Å². The Morgan fingerprint density at radius 2 is 1.92 bits per heavy atom. The number of carbonyl (C=O) groups excluding carboxylic acids is 1. The van der Waals surface area contributed by atoms with Gasteiger partial charge < -0.3 is 9.32 Å². The monoisotopic (exact) mass is 326 g/mol. The van der Waals surface area contributed by atoms with Crippen molar-refractivity contribution in [3.05, 3.63) is 41.3 Å². The predicted molar refractivity (Wildman–Crippen MR) is 94.7 cm³/mol. The number of amides is 1. The van der Waals surface area contributed by atoms with Gasteiger partial charge in [-0.2, -0.15) is 0 Å². The second kappa shape index (κ2) is 7.20. The summed E-state index contributed by atoms with van der Waals surface area (Å²) >= 11 is 0. The highest BCUT2D eigenvalue weighted by Gasteiger charge is 2.22. The number of aromatic nitrogens is 1. The minimum atomic E-state index is 0.159. The minimum Gasteiger partial charge on any atom is -0.441 e. The molecule has 2 aromatic rings. The summed E-state index contributed by atoms with van der Waals surface area (Å²) in [6, 6.07) is 8.24. The lowest BCUT2D eigenvalue weighted by atomic mass is 9.99. The van der Waals surface area contributed by atoms with Gasteiger partial charge in [0.1, 0.15) is 5.76 Å². The number of oxazole rings is 1. The average Bonchev–Trinajstić information content (AvgIpc) is 2.96. The van der Waals surface area contributed by atoms with Gasteiger partial charge in [0.15, 0.2) is 0 Å². The topological polar surface area (TPSA) is 46.3 Å². The molecule has 0 N–H and O–H groups in total. The summed E-state index contributed by atoms with van der Waals surface area (Å²) in [6.07, 6.45) is 3.53. The first-order chi connectivity index (χ1) is 11.6. The lowest BCUT2D eigenvalue weighted by molar-refractivity contribution is -0.131. The Hall–Kier alpha value is -2.10. The van der Waals surface area contributed by atoms with Crippen molar-refractivity contribution in [1.82, 2.24) is 9.88 Å². The zero-order valence-electron chi connectivity index (χ0n) is 14.8. The van der Waals surface area contributed by atoms with Crippen LogP contribution in [-0.4, -0.2) is 28.9 Å². The Morgan fingerprint density at radius 3 is 2.54 bits per heavy atom. The maximum Gasteiger partial charge on any atom is 0.228 e. The van der Waals surface area contributed by atoms with Crippen molar-refractivity contribution < 1.29 is 9.21 Å². The van der Waals surface area contributed by atoms with E-state index in [1.165, 1.54) is 5.56 Å². The highest BCUT2D eigenvalue weighted by Crippen LogP contribution is 2.23. The van der Waals surface area contributed by atoms with E-state index in [1.54, 1.807) is 0 Å². The molecule has 4 nitrogen and oxygen atoms in total. The first-order valence-electron chi connectivity index (χ1n) is 8.90. The van der Waals surface area contributed by atoms with Gasteiger partial charge in [-0.15, -0.1) is 0 Å². The number of piperidine rings is 1. The maximum absolute atomic E-state index is 12.5. The summed E-state index contributed by atoms with van der Waals surface area (Å²) in [5.41, 5.74) is 3.01. The Labute approximate surface area is 143 Å². The van der Waals surface area contributed by atoms with E-state index in [0.29, 0.717) is 12.3 Å². The number of carbonyl (C=O) groups is 1. The Morgan fingerprint density at radius 1 is 1.25 bits per heavy atom. The number of rotatable bonds is 4. The van der Waals surface area contributed by atoms with Gasteiger partial charge >= 0.3 is 0 Å². The van der Waals surface area contributed by atoms with Crippen LogP contribution in [0.4, 0.5) is 0 Å². The van der Waals surface area contributed by atoms with Crippen molar-refractivity contribution in [3.8, 4) is 11.5 Å². The normalized spacial score (nSPS) is 15.7. The molecule has 24 heavy (non-hydrogen) atoms. The van der Waals surface area contributed by atoms with E-state index in [4.69, 9.17) is 4.42 Å². The van der Waals surface area contributed by atoms with Crippen LogP contribution in [0.5, 0.6) is 0 Å². The van der Waals surface area contributed by atoms with E-state index >= 15 is 0 Å². The smallest absolute Gasteiger partial charge is 0.228 e. The number of aryl methyl sites for hydroxylation is 2. The molecule has 1 amide bonds. The molecular weight excluding hydrogens is 300 g/mol. The van der Waals surface area contributed by atoms with Crippen LogP contribution < -0.4 is 0 Å². The summed E-state index contributed by atoms with van der Waals surface area (Å²) in [5.74, 6) is 2.22. The van der Waals surface area contributed by atoms with Crippen LogP contribution in [0, 0.1) is 12.8 Å². The van der Waals surface area contributed by atoms with Crippen molar-refractivity contribution >= 4 is 5.91 Å². The van der Waals surface area contributed by atoms with Crippen molar-refractivity contribution in [2.45, 2.75) is 46.5 Å². The lowest BCUT2D eigenvalue weighted by Gasteiger charge is -2.30. The molecule has 1 aliphatic rings. The van der Waals surface area contributed by atoms with Gasteiger partial charge in [-0.3, -0.25) is 4.79 Å². The van der Waals surface area contributed by atoms with Crippen molar-refractivity contribution in [3.63, 3.8) is 0 Å². The van der Waals surface area contributed by atoms with Crippen molar-refractivity contribution in [2.75, 3.05) is 13.1 Å². The summed E-state index contributed by atoms with van der Waals surface area (Å²) < 4.78 is 5.80. The molecule has 3 rings (SSSR count). The summed E-state index contributed by atoms with van der Waals surface area (Å²) in [6.45, 7) is 8.00.